The monoisotopic (exact) mass is 404 g/mol. The maximum absolute atomic E-state index is 5.71. The maximum atomic E-state index is 5.71. The molecular formula is C22H36N4O3. The quantitative estimate of drug-likeness (QED) is 0.367. The number of ether oxygens (including phenoxy) is 3. The molecule has 162 valence electrons. The summed E-state index contributed by atoms with van der Waals surface area (Å²) in [7, 11) is 3.42. The van der Waals surface area contributed by atoms with Gasteiger partial charge < -0.3 is 24.4 Å². The summed E-state index contributed by atoms with van der Waals surface area (Å²) < 4.78 is 16.6. The van der Waals surface area contributed by atoms with Crippen molar-refractivity contribution in [2.75, 3.05) is 66.7 Å². The number of benzene rings is 1. The molecule has 0 atom stereocenters. The standard InChI is InChI=1S/C22H36N4O3/c1-4-23-22(24-9-14-29-17-18-5-6-18)26-12-10-25(11-13-26)16-19-15-20(27-2)7-8-21(19)28-3/h7-8,15,18H,4-6,9-14,16-17H2,1-3H3,(H,23,24). The van der Waals surface area contributed by atoms with Crippen LogP contribution in [0.4, 0.5) is 0 Å². The zero-order valence-electron chi connectivity index (χ0n) is 18.2. The molecule has 1 aromatic carbocycles. The fourth-order valence-corrected chi connectivity index (χ4v) is 3.54. The lowest BCUT2D eigenvalue weighted by Crippen LogP contribution is -2.52. The van der Waals surface area contributed by atoms with Crippen LogP contribution < -0.4 is 14.8 Å². The average Bonchev–Trinajstić information content (AvgIpc) is 3.58. The molecule has 1 aliphatic heterocycles. The molecular weight excluding hydrogens is 368 g/mol. The van der Waals surface area contributed by atoms with Crippen molar-refractivity contribution in [1.29, 1.82) is 0 Å². The number of nitrogens with zero attached hydrogens (tertiary/aromatic N) is 3. The highest BCUT2D eigenvalue weighted by Crippen LogP contribution is 2.28. The van der Waals surface area contributed by atoms with E-state index >= 15 is 0 Å². The van der Waals surface area contributed by atoms with Crippen LogP contribution in [0.25, 0.3) is 0 Å². The minimum absolute atomic E-state index is 0.709. The smallest absolute Gasteiger partial charge is 0.194 e. The largest absolute Gasteiger partial charge is 0.497 e. The fourth-order valence-electron chi connectivity index (χ4n) is 3.54. The van der Waals surface area contributed by atoms with E-state index in [1.807, 2.05) is 12.1 Å². The fraction of sp³-hybridized carbons (Fsp3) is 0.682. The summed E-state index contributed by atoms with van der Waals surface area (Å²) >= 11 is 0. The van der Waals surface area contributed by atoms with Gasteiger partial charge >= 0.3 is 0 Å². The lowest BCUT2D eigenvalue weighted by Gasteiger charge is -2.36. The van der Waals surface area contributed by atoms with Crippen LogP contribution in [-0.2, 0) is 11.3 Å². The molecule has 1 aromatic rings. The van der Waals surface area contributed by atoms with Gasteiger partial charge in [0.05, 0.1) is 27.4 Å². The predicted molar refractivity (Wildman–Crippen MR) is 116 cm³/mol. The first kappa shape index (κ1) is 21.7. The summed E-state index contributed by atoms with van der Waals surface area (Å²) in [6.07, 6.45) is 2.66. The number of hydrogen-bond acceptors (Lipinski definition) is 5. The highest BCUT2D eigenvalue weighted by atomic mass is 16.5. The molecule has 0 spiro atoms. The van der Waals surface area contributed by atoms with Crippen molar-refractivity contribution in [3.63, 3.8) is 0 Å². The topological polar surface area (TPSA) is 58.6 Å². The number of aliphatic imine (C=N–C) groups is 1. The van der Waals surface area contributed by atoms with Crippen molar-refractivity contribution in [3.05, 3.63) is 23.8 Å². The van der Waals surface area contributed by atoms with Crippen LogP contribution >= 0.6 is 0 Å². The minimum atomic E-state index is 0.709. The van der Waals surface area contributed by atoms with Crippen molar-refractivity contribution in [2.45, 2.75) is 26.3 Å². The Balaban J connectivity index is 1.48. The van der Waals surface area contributed by atoms with Gasteiger partial charge in [-0.15, -0.1) is 0 Å². The Morgan fingerprint density at radius 3 is 2.59 bits per heavy atom. The second-order valence-electron chi connectivity index (χ2n) is 7.69. The van der Waals surface area contributed by atoms with Crippen LogP contribution in [0.3, 0.4) is 0 Å². The van der Waals surface area contributed by atoms with Gasteiger partial charge in [0.25, 0.3) is 0 Å². The molecule has 0 aromatic heterocycles. The molecule has 0 unspecified atom stereocenters. The van der Waals surface area contributed by atoms with Gasteiger partial charge in [-0.1, -0.05) is 0 Å². The summed E-state index contributed by atoms with van der Waals surface area (Å²) in [5, 5.41) is 3.43. The molecule has 1 aliphatic carbocycles. The molecule has 7 nitrogen and oxygen atoms in total. The number of rotatable bonds is 10. The summed E-state index contributed by atoms with van der Waals surface area (Å²) in [6.45, 7) is 10.1. The third-order valence-electron chi connectivity index (χ3n) is 5.44. The molecule has 1 saturated carbocycles. The van der Waals surface area contributed by atoms with Crippen molar-refractivity contribution in [2.24, 2.45) is 10.9 Å². The Hall–Kier alpha value is -1.99. The first-order valence-electron chi connectivity index (χ1n) is 10.8. The molecule has 0 bridgehead atoms. The highest BCUT2D eigenvalue weighted by Gasteiger charge is 2.22. The van der Waals surface area contributed by atoms with Crippen LogP contribution in [-0.4, -0.2) is 82.5 Å². The van der Waals surface area contributed by atoms with E-state index in [1.54, 1.807) is 14.2 Å². The van der Waals surface area contributed by atoms with Crippen LogP contribution in [0.2, 0.25) is 0 Å². The summed E-state index contributed by atoms with van der Waals surface area (Å²) in [4.78, 5) is 9.57. The predicted octanol–water partition coefficient (Wildman–Crippen LogP) is 2.21. The third kappa shape index (κ3) is 6.78. The van der Waals surface area contributed by atoms with Gasteiger partial charge in [0, 0.05) is 51.4 Å². The average molecular weight is 405 g/mol. The lowest BCUT2D eigenvalue weighted by molar-refractivity contribution is 0.131. The molecule has 3 rings (SSSR count). The summed E-state index contributed by atoms with van der Waals surface area (Å²) in [5.74, 6) is 3.59. The van der Waals surface area contributed by atoms with Gasteiger partial charge in [0.15, 0.2) is 5.96 Å². The van der Waals surface area contributed by atoms with Gasteiger partial charge in [0.2, 0.25) is 0 Å². The van der Waals surface area contributed by atoms with Crippen molar-refractivity contribution < 1.29 is 14.2 Å². The number of piperazine rings is 1. The normalized spacial score (nSPS) is 18.0. The maximum Gasteiger partial charge on any atom is 0.194 e. The zero-order valence-corrected chi connectivity index (χ0v) is 18.2. The van der Waals surface area contributed by atoms with Crippen LogP contribution in [0.5, 0.6) is 11.5 Å². The molecule has 0 radical (unpaired) electrons. The van der Waals surface area contributed by atoms with E-state index in [0.29, 0.717) is 6.61 Å². The molecule has 1 heterocycles. The minimum Gasteiger partial charge on any atom is -0.497 e. The van der Waals surface area contributed by atoms with E-state index in [-0.39, 0.29) is 0 Å². The van der Waals surface area contributed by atoms with E-state index in [9.17, 15) is 0 Å². The second-order valence-corrected chi connectivity index (χ2v) is 7.69. The van der Waals surface area contributed by atoms with Crippen molar-refractivity contribution >= 4 is 5.96 Å². The third-order valence-corrected chi connectivity index (χ3v) is 5.44. The zero-order chi connectivity index (χ0) is 20.5. The number of methoxy groups -OCH3 is 2. The molecule has 7 heteroatoms. The van der Waals surface area contributed by atoms with E-state index in [4.69, 9.17) is 19.2 Å². The van der Waals surface area contributed by atoms with Gasteiger partial charge in [-0.25, -0.2) is 0 Å². The molecule has 2 aliphatic rings. The first-order valence-corrected chi connectivity index (χ1v) is 10.8. The van der Waals surface area contributed by atoms with Gasteiger partial charge in [-0.05, 0) is 43.9 Å². The second kappa shape index (κ2) is 11.3. The molecule has 1 N–H and O–H groups in total. The first-order chi connectivity index (χ1) is 14.2. The van der Waals surface area contributed by atoms with Crippen molar-refractivity contribution in [1.82, 2.24) is 15.1 Å². The van der Waals surface area contributed by atoms with E-state index in [1.165, 1.54) is 12.8 Å². The van der Waals surface area contributed by atoms with Gasteiger partial charge in [-0.3, -0.25) is 9.89 Å². The van der Waals surface area contributed by atoms with E-state index in [0.717, 1.165) is 81.4 Å². The van der Waals surface area contributed by atoms with Crippen LogP contribution in [0.15, 0.2) is 23.2 Å². The number of nitrogens with one attached hydrogen (secondary N) is 1. The molecule has 1 saturated heterocycles. The molecule has 2 fully saturated rings. The van der Waals surface area contributed by atoms with Crippen LogP contribution in [0.1, 0.15) is 25.3 Å². The van der Waals surface area contributed by atoms with E-state index in [2.05, 4.69) is 28.1 Å². The molecule has 0 amide bonds. The summed E-state index contributed by atoms with van der Waals surface area (Å²) in [5.41, 5.74) is 1.16. The van der Waals surface area contributed by atoms with Gasteiger partial charge in [0.1, 0.15) is 11.5 Å². The van der Waals surface area contributed by atoms with Crippen molar-refractivity contribution in [3.8, 4) is 11.5 Å². The number of hydrogen-bond donors (Lipinski definition) is 1. The summed E-state index contributed by atoms with van der Waals surface area (Å²) in [6, 6.07) is 5.98. The highest BCUT2D eigenvalue weighted by molar-refractivity contribution is 5.80. The Morgan fingerprint density at radius 1 is 1.14 bits per heavy atom. The Labute approximate surface area is 175 Å². The van der Waals surface area contributed by atoms with Gasteiger partial charge in [-0.2, -0.15) is 0 Å². The van der Waals surface area contributed by atoms with Crippen LogP contribution in [0, 0.1) is 5.92 Å². The lowest BCUT2D eigenvalue weighted by atomic mass is 10.1. The SMILES string of the molecule is CCNC(=NCCOCC1CC1)N1CCN(Cc2cc(OC)ccc2OC)CC1. The Kier molecular flexibility index (Phi) is 8.43. The van der Waals surface area contributed by atoms with E-state index < -0.39 is 0 Å². The number of guanidine groups is 1. The Bertz CT molecular complexity index is 655. The Morgan fingerprint density at radius 2 is 1.93 bits per heavy atom. The molecule has 29 heavy (non-hydrogen) atoms.